The summed E-state index contributed by atoms with van der Waals surface area (Å²) in [4.78, 5) is 28.9. The number of primary amides is 1. The summed E-state index contributed by atoms with van der Waals surface area (Å²) < 4.78 is 0. The SMILES string of the molecule is NC(=O)C1[C@@H]2CN(C(=O)C3CCC3)CC2CN1CC[CH]c1ccccc1. The summed E-state index contributed by atoms with van der Waals surface area (Å²) >= 11 is 0. The van der Waals surface area contributed by atoms with Crippen LogP contribution in [0.4, 0.5) is 0 Å². The van der Waals surface area contributed by atoms with Crippen LogP contribution in [0.5, 0.6) is 0 Å². The number of nitrogens with zero attached hydrogens (tertiary/aromatic N) is 2. The van der Waals surface area contributed by atoms with Crippen LogP contribution in [0.25, 0.3) is 0 Å². The van der Waals surface area contributed by atoms with Crippen LogP contribution < -0.4 is 5.73 Å². The van der Waals surface area contributed by atoms with Crippen molar-refractivity contribution in [2.24, 2.45) is 23.5 Å². The van der Waals surface area contributed by atoms with Crippen molar-refractivity contribution >= 4 is 11.8 Å². The molecule has 4 rings (SSSR count). The highest BCUT2D eigenvalue weighted by atomic mass is 16.2. The van der Waals surface area contributed by atoms with E-state index in [2.05, 4.69) is 23.5 Å². The minimum atomic E-state index is -0.241. The molecule has 3 aliphatic rings. The van der Waals surface area contributed by atoms with Crippen molar-refractivity contribution in [3.63, 3.8) is 0 Å². The fourth-order valence-electron chi connectivity index (χ4n) is 4.83. The van der Waals surface area contributed by atoms with Gasteiger partial charge in [-0.15, -0.1) is 0 Å². The first-order valence-electron chi connectivity index (χ1n) is 9.84. The molecule has 1 aromatic rings. The molecule has 0 aromatic heterocycles. The van der Waals surface area contributed by atoms with Crippen molar-refractivity contribution in [3.8, 4) is 0 Å². The van der Waals surface area contributed by atoms with Gasteiger partial charge in [-0.3, -0.25) is 14.5 Å². The van der Waals surface area contributed by atoms with Crippen LogP contribution >= 0.6 is 0 Å². The van der Waals surface area contributed by atoms with E-state index in [9.17, 15) is 9.59 Å². The zero-order valence-corrected chi connectivity index (χ0v) is 15.2. The molecule has 5 heteroatoms. The molecule has 2 N–H and O–H groups in total. The Balaban J connectivity index is 1.34. The van der Waals surface area contributed by atoms with Crippen LogP contribution in [0, 0.1) is 24.2 Å². The van der Waals surface area contributed by atoms with Crippen LogP contribution in [0.1, 0.15) is 31.2 Å². The van der Waals surface area contributed by atoms with Gasteiger partial charge in [-0.25, -0.2) is 0 Å². The minimum Gasteiger partial charge on any atom is -0.368 e. The van der Waals surface area contributed by atoms with Crippen LogP contribution in [0.2, 0.25) is 0 Å². The molecule has 5 nitrogen and oxygen atoms in total. The Morgan fingerprint density at radius 1 is 1.12 bits per heavy atom. The van der Waals surface area contributed by atoms with E-state index in [1.807, 2.05) is 23.1 Å². The summed E-state index contributed by atoms with van der Waals surface area (Å²) in [6.45, 7) is 3.20. The molecule has 3 atom stereocenters. The third-order valence-corrected chi connectivity index (χ3v) is 6.41. The number of benzene rings is 1. The van der Waals surface area contributed by atoms with Gasteiger partial charge in [0.15, 0.2) is 0 Å². The first kappa shape index (κ1) is 17.5. The van der Waals surface area contributed by atoms with Gasteiger partial charge in [-0.05, 0) is 43.7 Å². The number of carbonyl (C=O) groups excluding carboxylic acids is 2. The molecule has 2 aliphatic heterocycles. The highest BCUT2D eigenvalue weighted by molar-refractivity contribution is 5.82. The maximum absolute atomic E-state index is 12.5. The molecule has 0 spiro atoms. The second kappa shape index (κ2) is 7.39. The molecule has 1 saturated carbocycles. The Bertz CT molecular complexity index is 658. The van der Waals surface area contributed by atoms with Crippen molar-refractivity contribution in [2.45, 2.75) is 31.7 Å². The van der Waals surface area contributed by atoms with E-state index >= 15 is 0 Å². The number of hydrogen-bond donors (Lipinski definition) is 1. The molecule has 26 heavy (non-hydrogen) atoms. The van der Waals surface area contributed by atoms with Gasteiger partial charge in [0.05, 0.1) is 6.04 Å². The van der Waals surface area contributed by atoms with E-state index in [-0.39, 0.29) is 23.8 Å². The quantitative estimate of drug-likeness (QED) is 0.845. The monoisotopic (exact) mass is 354 g/mol. The Kier molecular flexibility index (Phi) is 4.98. The maximum Gasteiger partial charge on any atom is 0.235 e. The smallest absolute Gasteiger partial charge is 0.235 e. The second-order valence-corrected chi connectivity index (χ2v) is 8.04. The van der Waals surface area contributed by atoms with Gasteiger partial charge in [0.25, 0.3) is 0 Å². The summed E-state index contributed by atoms with van der Waals surface area (Å²) in [7, 11) is 0. The summed E-state index contributed by atoms with van der Waals surface area (Å²) in [6.07, 6.45) is 6.35. The summed E-state index contributed by atoms with van der Waals surface area (Å²) in [6, 6.07) is 10.0. The van der Waals surface area contributed by atoms with Gasteiger partial charge in [0, 0.05) is 31.5 Å². The number of fused-ring (bicyclic) bond motifs is 1. The average Bonchev–Trinajstić information content (AvgIpc) is 3.11. The lowest BCUT2D eigenvalue weighted by Gasteiger charge is -2.31. The zero-order chi connectivity index (χ0) is 18.1. The lowest BCUT2D eigenvalue weighted by molar-refractivity contribution is -0.138. The van der Waals surface area contributed by atoms with E-state index in [4.69, 9.17) is 5.73 Å². The molecule has 1 aliphatic carbocycles. The van der Waals surface area contributed by atoms with E-state index in [1.54, 1.807) is 0 Å². The van der Waals surface area contributed by atoms with Gasteiger partial charge in [-0.2, -0.15) is 0 Å². The fourth-order valence-corrected chi connectivity index (χ4v) is 4.83. The van der Waals surface area contributed by atoms with Gasteiger partial charge in [0.2, 0.25) is 11.8 Å². The molecule has 1 radical (unpaired) electrons. The number of carbonyl (C=O) groups is 2. The average molecular weight is 354 g/mol. The summed E-state index contributed by atoms with van der Waals surface area (Å²) in [5.74, 6) is 0.881. The maximum atomic E-state index is 12.5. The number of nitrogens with two attached hydrogens (primary N) is 1. The molecular weight excluding hydrogens is 326 g/mol. The van der Waals surface area contributed by atoms with E-state index in [1.165, 1.54) is 12.0 Å². The standard InChI is InChI=1S/C21H28N3O2/c22-20(25)19-18-14-24(21(26)16-9-4-10-16)13-17(18)12-23(19)11-5-8-15-6-2-1-3-7-15/h1-3,6-8,16-19H,4-5,9-14H2,(H2,22,25)/t17?,18-,19?/m1/s1. The number of rotatable bonds is 6. The summed E-state index contributed by atoms with van der Waals surface area (Å²) in [5.41, 5.74) is 6.96. The molecule has 2 amide bonds. The molecule has 2 saturated heterocycles. The summed E-state index contributed by atoms with van der Waals surface area (Å²) in [5, 5.41) is 0. The first-order valence-corrected chi connectivity index (χ1v) is 9.84. The molecule has 2 unspecified atom stereocenters. The van der Waals surface area contributed by atoms with Crippen molar-refractivity contribution in [1.82, 2.24) is 9.80 Å². The van der Waals surface area contributed by atoms with Crippen LogP contribution in [0.3, 0.4) is 0 Å². The predicted molar refractivity (Wildman–Crippen MR) is 99.9 cm³/mol. The van der Waals surface area contributed by atoms with Crippen molar-refractivity contribution in [2.75, 3.05) is 26.2 Å². The van der Waals surface area contributed by atoms with Crippen molar-refractivity contribution in [3.05, 3.63) is 42.3 Å². The fraction of sp³-hybridized carbons (Fsp3) is 0.571. The minimum absolute atomic E-state index is 0.202. The Morgan fingerprint density at radius 3 is 2.54 bits per heavy atom. The van der Waals surface area contributed by atoms with E-state index in [0.29, 0.717) is 18.4 Å². The molecule has 0 bridgehead atoms. The van der Waals surface area contributed by atoms with Crippen LogP contribution in [0.15, 0.2) is 30.3 Å². The Labute approximate surface area is 155 Å². The second-order valence-electron chi connectivity index (χ2n) is 8.04. The van der Waals surface area contributed by atoms with Crippen molar-refractivity contribution in [1.29, 1.82) is 0 Å². The lowest BCUT2D eigenvalue weighted by Crippen LogP contribution is -2.47. The highest BCUT2D eigenvalue weighted by Gasteiger charge is 2.50. The van der Waals surface area contributed by atoms with Crippen LogP contribution in [-0.4, -0.2) is 53.8 Å². The molecule has 2 heterocycles. The zero-order valence-electron chi connectivity index (χ0n) is 15.2. The van der Waals surface area contributed by atoms with E-state index in [0.717, 1.165) is 38.9 Å². The lowest BCUT2D eigenvalue weighted by atomic mass is 9.84. The van der Waals surface area contributed by atoms with Crippen molar-refractivity contribution < 1.29 is 9.59 Å². The number of likely N-dealkylation sites (tertiary alicyclic amines) is 2. The Hall–Kier alpha value is -1.88. The molecule has 139 valence electrons. The molecule has 3 fully saturated rings. The third kappa shape index (κ3) is 3.37. The highest BCUT2D eigenvalue weighted by Crippen LogP contribution is 2.38. The van der Waals surface area contributed by atoms with Crippen LogP contribution in [-0.2, 0) is 9.59 Å². The van der Waals surface area contributed by atoms with Gasteiger partial charge >= 0.3 is 0 Å². The first-order chi connectivity index (χ1) is 12.6. The van der Waals surface area contributed by atoms with E-state index < -0.39 is 0 Å². The largest absolute Gasteiger partial charge is 0.368 e. The third-order valence-electron chi connectivity index (χ3n) is 6.41. The molecule has 1 aromatic carbocycles. The normalized spacial score (nSPS) is 28.8. The number of hydrogen-bond acceptors (Lipinski definition) is 3. The number of amides is 2. The Morgan fingerprint density at radius 2 is 1.88 bits per heavy atom. The van der Waals surface area contributed by atoms with Gasteiger partial charge in [-0.1, -0.05) is 36.8 Å². The predicted octanol–water partition coefficient (Wildman–Crippen LogP) is 1.67. The van der Waals surface area contributed by atoms with Gasteiger partial charge < -0.3 is 10.6 Å². The molecular formula is C21H28N3O2. The topological polar surface area (TPSA) is 66.6 Å². The van der Waals surface area contributed by atoms with Gasteiger partial charge in [0.1, 0.15) is 0 Å².